The average Bonchev–Trinajstić information content (AvgIpc) is 3.58. The topological polar surface area (TPSA) is 3.24 Å². The maximum Gasteiger partial charge on any atom is 0.0468 e. The maximum atomic E-state index is 2.38. The third-order valence-electron chi connectivity index (χ3n) is 10.0. The fourth-order valence-corrected chi connectivity index (χ4v) is 8.84. The van der Waals surface area contributed by atoms with E-state index in [9.17, 15) is 0 Å². The molecule has 0 radical (unpaired) electrons. The van der Waals surface area contributed by atoms with Gasteiger partial charge >= 0.3 is 0 Å². The molecule has 0 fully saturated rings. The largest absolute Gasteiger partial charge is 0.310 e. The van der Waals surface area contributed by atoms with E-state index >= 15 is 0 Å². The zero-order chi connectivity index (χ0) is 33.0. The summed E-state index contributed by atoms with van der Waals surface area (Å²) >= 11 is 1.88. The van der Waals surface area contributed by atoms with Crippen molar-refractivity contribution < 1.29 is 0 Å². The van der Waals surface area contributed by atoms with E-state index in [0.717, 1.165) is 17.1 Å². The van der Waals surface area contributed by atoms with Crippen LogP contribution in [0.25, 0.3) is 74.7 Å². The van der Waals surface area contributed by atoms with Crippen molar-refractivity contribution in [3.05, 3.63) is 188 Å². The Bertz CT molecular complexity index is 2850. The number of thiophene rings is 1. The van der Waals surface area contributed by atoms with Gasteiger partial charge in [0.2, 0.25) is 0 Å². The summed E-state index contributed by atoms with van der Waals surface area (Å²) in [5, 5.41) is 10.3. The van der Waals surface area contributed by atoms with Gasteiger partial charge in [0.25, 0.3) is 0 Å². The highest BCUT2D eigenvalue weighted by atomic mass is 32.1. The first-order chi connectivity index (χ1) is 24.8. The minimum absolute atomic E-state index is 1.12. The predicted molar refractivity (Wildman–Crippen MR) is 217 cm³/mol. The summed E-state index contributed by atoms with van der Waals surface area (Å²) in [6, 6.07) is 68.7. The van der Waals surface area contributed by atoms with Crippen LogP contribution in [0.15, 0.2) is 188 Å². The Morgan fingerprint density at radius 1 is 0.320 bits per heavy atom. The molecule has 0 saturated heterocycles. The Hall–Kier alpha value is -6.22. The van der Waals surface area contributed by atoms with Crippen molar-refractivity contribution in [1.29, 1.82) is 0 Å². The summed E-state index contributed by atoms with van der Waals surface area (Å²) in [5.74, 6) is 0. The minimum atomic E-state index is 1.12. The van der Waals surface area contributed by atoms with Crippen LogP contribution in [0.4, 0.5) is 17.1 Å². The SMILES string of the molecule is c1ccc(-c2ccc(N(c3ccc(-c4cc5ccccc5c5ccccc45)cc3)c3ccc4c(ccc5c6ccccc6sc45)c3)cc2)cc1. The summed E-state index contributed by atoms with van der Waals surface area (Å²) in [6.07, 6.45) is 0. The van der Waals surface area contributed by atoms with E-state index in [1.807, 2.05) is 11.3 Å². The molecule has 0 aliphatic rings. The molecule has 1 aromatic heterocycles. The van der Waals surface area contributed by atoms with E-state index in [-0.39, 0.29) is 0 Å². The Morgan fingerprint density at radius 3 is 1.66 bits per heavy atom. The highest BCUT2D eigenvalue weighted by Gasteiger charge is 2.16. The van der Waals surface area contributed by atoms with Gasteiger partial charge in [0.05, 0.1) is 0 Å². The molecular formula is C48H31NS. The minimum Gasteiger partial charge on any atom is -0.310 e. The summed E-state index contributed by atoms with van der Waals surface area (Å²) < 4.78 is 2.68. The molecular weight excluding hydrogens is 623 g/mol. The fourth-order valence-electron chi connectivity index (χ4n) is 7.60. The molecule has 1 nitrogen and oxygen atoms in total. The Balaban J connectivity index is 1.11. The quantitative estimate of drug-likeness (QED) is 0.167. The van der Waals surface area contributed by atoms with Crippen LogP contribution in [0.1, 0.15) is 0 Å². The van der Waals surface area contributed by atoms with Crippen molar-refractivity contribution >= 4 is 80.9 Å². The molecule has 9 aromatic carbocycles. The first kappa shape index (κ1) is 28.8. The van der Waals surface area contributed by atoms with Crippen LogP contribution in [0, 0.1) is 0 Å². The standard InChI is InChI=1S/C48H31NS/c1-2-10-32(11-3-1)33-18-23-37(24-19-33)49(39-27-29-41-36(30-39)22-28-45-44-16-8-9-17-47(44)50-48(41)45)38-25-20-34(21-26-38)46-31-35-12-4-5-13-40(35)42-14-6-7-15-43(42)46/h1-31H. The number of hydrogen-bond donors (Lipinski definition) is 0. The highest BCUT2D eigenvalue weighted by molar-refractivity contribution is 7.26. The predicted octanol–water partition coefficient (Wildman–Crippen LogP) is 14.3. The van der Waals surface area contributed by atoms with E-state index in [4.69, 9.17) is 0 Å². The van der Waals surface area contributed by atoms with Crippen LogP contribution < -0.4 is 4.90 Å². The van der Waals surface area contributed by atoms with Gasteiger partial charge in [-0.3, -0.25) is 0 Å². The molecule has 0 aliphatic carbocycles. The van der Waals surface area contributed by atoms with Gasteiger partial charge in [0, 0.05) is 37.2 Å². The first-order valence-corrected chi connectivity index (χ1v) is 17.9. The van der Waals surface area contributed by atoms with E-state index in [1.54, 1.807) is 0 Å². The van der Waals surface area contributed by atoms with E-state index in [0.29, 0.717) is 0 Å². The monoisotopic (exact) mass is 653 g/mol. The summed E-state index contributed by atoms with van der Waals surface area (Å²) in [5.41, 5.74) is 8.26. The zero-order valence-corrected chi connectivity index (χ0v) is 28.1. The van der Waals surface area contributed by atoms with E-state index < -0.39 is 0 Å². The number of benzene rings is 9. The summed E-state index contributed by atoms with van der Waals surface area (Å²) in [7, 11) is 0. The molecule has 0 aliphatic heterocycles. The van der Waals surface area contributed by atoms with Gasteiger partial charge in [-0.15, -0.1) is 11.3 Å². The molecule has 0 unspecified atom stereocenters. The lowest BCUT2D eigenvalue weighted by molar-refractivity contribution is 1.29. The molecule has 10 rings (SSSR count). The Morgan fingerprint density at radius 2 is 0.880 bits per heavy atom. The van der Waals surface area contributed by atoms with Gasteiger partial charge in [-0.05, 0) is 103 Å². The van der Waals surface area contributed by atoms with Crippen molar-refractivity contribution in [2.75, 3.05) is 4.90 Å². The molecule has 0 atom stereocenters. The molecule has 2 heteroatoms. The van der Waals surface area contributed by atoms with E-state index in [2.05, 4.69) is 193 Å². The van der Waals surface area contributed by atoms with Crippen molar-refractivity contribution in [2.24, 2.45) is 0 Å². The molecule has 234 valence electrons. The number of hydrogen-bond acceptors (Lipinski definition) is 2. The lowest BCUT2D eigenvalue weighted by Crippen LogP contribution is -2.09. The number of rotatable bonds is 5. The van der Waals surface area contributed by atoms with Crippen LogP contribution in [-0.2, 0) is 0 Å². The molecule has 0 bridgehead atoms. The maximum absolute atomic E-state index is 2.38. The molecule has 0 amide bonds. The first-order valence-electron chi connectivity index (χ1n) is 17.1. The van der Waals surface area contributed by atoms with Crippen LogP contribution in [-0.4, -0.2) is 0 Å². The van der Waals surface area contributed by atoms with Gasteiger partial charge < -0.3 is 4.90 Å². The lowest BCUT2D eigenvalue weighted by atomic mass is 9.93. The second kappa shape index (κ2) is 11.7. The normalized spacial score (nSPS) is 11.6. The highest BCUT2D eigenvalue weighted by Crippen LogP contribution is 2.43. The second-order valence-electron chi connectivity index (χ2n) is 12.9. The van der Waals surface area contributed by atoms with E-state index in [1.165, 1.54) is 74.7 Å². The van der Waals surface area contributed by atoms with Crippen LogP contribution >= 0.6 is 11.3 Å². The Labute approximate surface area is 294 Å². The average molecular weight is 654 g/mol. The van der Waals surface area contributed by atoms with Crippen LogP contribution in [0.3, 0.4) is 0 Å². The van der Waals surface area contributed by atoms with Crippen LogP contribution in [0.5, 0.6) is 0 Å². The van der Waals surface area contributed by atoms with Crippen molar-refractivity contribution in [1.82, 2.24) is 0 Å². The van der Waals surface area contributed by atoms with Crippen LogP contribution in [0.2, 0.25) is 0 Å². The third-order valence-corrected chi connectivity index (χ3v) is 11.3. The number of anilines is 3. The lowest BCUT2D eigenvalue weighted by Gasteiger charge is -2.26. The van der Waals surface area contributed by atoms with Gasteiger partial charge in [-0.25, -0.2) is 0 Å². The van der Waals surface area contributed by atoms with Gasteiger partial charge in [-0.1, -0.05) is 140 Å². The molecule has 0 N–H and O–H groups in total. The molecule has 0 saturated carbocycles. The number of fused-ring (bicyclic) bond motifs is 8. The van der Waals surface area contributed by atoms with Gasteiger partial charge in [0.15, 0.2) is 0 Å². The smallest absolute Gasteiger partial charge is 0.0468 e. The van der Waals surface area contributed by atoms with Crippen molar-refractivity contribution in [3.63, 3.8) is 0 Å². The second-order valence-corrected chi connectivity index (χ2v) is 14.0. The van der Waals surface area contributed by atoms with Gasteiger partial charge in [-0.2, -0.15) is 0 Å². The zero-order valence-electron chi connectivity index (χ0n) is 27.3. The molecule has 0 spiro atoms. The molecule has 50 heavy (non-hydrogen) atoms. The summed E-state index contributed by atoms with van der Waals surface area (Å²) in [6.45, 7) is 0. The fraction of sp³-hybridized carbons (Fsp3) is 0. The molecule has 1 heterocycles. The molecule has 10 aromatic rings. The number of nitrogens with zero attached hydrogens (tertiary/aromatic N) is 1. The third kappa shape index (κ3) is 4.76. The van der Waals surface area contributed by atoms with Gasteiger partial charge in [0.1, 0.15) is 0 Å². The summed E-state index contributed by atoms with van der Waals surface area (Å²) in [4.78, 5) is 2.38. The Kier molecular flexibility index (Phi) is 6.75. The van der Waals surface area contributed by atoms with Crippen molar-refractivity contribution in [3.8, 4) is 22.3 Å². The van der Waals surface area contributed by atoms with Crippen molar-refractivity contribution in [2.45, 2.75) is 0 Å².